The molecule has 0 amide bonds. The highest BCUT2D eigenvalue weighted by molar-refractivity contribution is 9.10. The maximum absolute atomic E-state index is 10.4. The molecule has 1 aromatic rings. The van der Waals surface area contributed by atoms with E-state index < -0.39 is 4.92 Å². The van der Waals surface area contributed by atoms with Crippen LogP contribution in [0.15, 0.2) is 16.7 Å². The van der Waals surface area contributed by atoms with E-state index in [1.165, 1.54) is 12.3 Å². The van der Waals surface area contributed by atoms with Crippen LogP contribution in [-0.2, 0) is 0 Å². The van der Waals surface area contributed by atoms with E-state index in [1.54, 1.807) is 0 Å². The van der Waals surface area contributed by atoms with Crippen molar-refractivity contribution in [3.8, 4) is 5.88 Å². The van der Waals surface area contributed by atoms with Gasteiger partial charge < -0.3 is 10.1 Å². The van der Waals surface area contributed by atoms with Crippen LogP contribution in [0.5, 0.6) is 5.88 Å². The van der Waals surface area contributed by atoms with Gasteiger partial charge in [0, 0.05) is 12.6 Å². The molecule has 0 unspecified atom stereocenters. The number of ether oxygens (including phenoxy) is 1. The zero-order chi connectivity index (χ0) is 11.3. The molecule has 1 N–H and O–H groups in total. The van der Waals surface area contributed by atoms with E-state index in [0.717, 1.165) is 0 Å². The first-order chi connectivity index (χ1) is 7.15. The van der Waals surface area contributed by atoms with Gasteiger partial charge in [0.2, 0.25) is 5.88 Å². The molecule has 0 spiro atoms. The molecule has 0 aliphatic heterocycles. The zero-order valence-corrected chi connectivity index (χ0v) is 9.65. The quantitative estimate of drug-likeness (QED) is 0.499. The molecule has 1 aromatic heterocycles. The monoisotopic (exact) mass is 275 g/mol. The largest absolute Gasteiger partial charge is 0.476 e. The van der Waals surface area contributed by atoms with Gasteiger partial charge in [-0.3, -0.25) is 10.1 Å². The highest BCUT2D eigenvalue weighted by Crippen LogP contribution is 2.25. The average Bonchev–Trinajstić information content (AvgIpc) is 2.20. The first kappa shape index (κ1) is 11.9. The van der Waals surface area contributed by atoms with Crippen molar-refractivity contribution in [1.29, 1.82) is 0 Å². The van der Waals surface area contributed by atoms with E-state index in [0.29, 0.717) is 23.5 Å². The first-order valence-corrected chi connectivity index (χ1v) is 5.01. The van der Waals surface area contributed by atoms with Crippen LogP contribution in [0.1, 0.15) is 0 Å². The number of nitro groups is 1. The molecule has 82 valence electrons. The van der Waals surface area contributed by atoms with Crippen LogP contribution in [0.4, 0.5) is 5.69 Å². The fourth-order valence-corrected chi connectivity index (χ4v) is 1.32. The molecule has 0 atom stereocenters. The number of hydrogen-bond acceptors (Lipinski definition) is 5. The predicted octanol–water partition coefficient (Wildman–Crippen LogP) is 1.35. The Morgan fingerprint density at radius 1 is 1.73 bits per heavy atom. The number of halogens is 1. The molecule has 0 bridgehead atoms. The Labute approximate surface area is 94.9 Å². The van der Waals surface area contributed by atoms with E-state index in [9.17, 15) is 10.1 Å². The number of nitrogens with zero attached hydrogens (tertiary/aromatic N) is 2. The van der Waals surface area contributed by atoms with Crippen molar-refractivity contribution in [2.45, 2.75) is 0 Å². The number of hydrogen-bond donors (Lipinski definition) is 1. The fraction of sp³-hybridized carbons (Fsp3) is 0.375. The summed E-state index contributed by atoms with van der Waals surface area (Å²) in [5.41, 5.74) is -0.0668. The molecule has 0 radical (unpaired) electrons. The average molecular weight is 276 g/mol. The predicted molar refractivity (Wildman–Crippen MR) is 58.0 cm³/mol. The molecule has 0 aliphatic carbocycles. The van der Waals surface area contributed by atoms with E-state index in [1.807, 2.05) is 7.05 Å². The Bertz CT molecular complexity index is 359. The number of pyridine rings is 1. The lowest BCUT2D eigenvalue weighted by Gasteiger charge is -2.05. The fourth-order valence-electron chi connectivity index (χ4n) is 0.871. The Balaban J connectivity index is 2.70. The summed E-state index contributed by atoms with van der Waals surface area (Å²) in [6, 6.07) is 1.36. The van der Waals surface area contributed by atoms with Gasteiger partial charge in [-0.2, -0.15) is 0 Å². The lowest BCUT2D eigenvalue weighted by Crippen LogP contribution is -2.16. The molecule has 6 nitrogen and oxygen atoms in total. The van der Waals surface area contributed by atoms with E-state index in [2.05, 4.69) is 26.2 Å². The van der Waals surface area contributed by atoms with Gasteiger partial charge in [0.1, 0.15) is 12.8 Å². The van der Waals surface area contributed by atoms with E-state index in [4.69, 9.17) is 4.74 Å². The number of nitrogens with one attached hydrogen (secondary N) is 1. The molecule has 7 heteroatoms. The van der Waals surface area contributed by atoms with Gasteiger partial charge in [0.25, 0.3) is 5.69 Å². The number of aromatic nitrogens is 1. The van der Waals surface area contributed by atoms with Gasteiger partial charge in [-0.15, -0.1) is 0 Å². The van der Waals surface area contributed by atoms with Crippen LogP contribution in [0, 0.1) is 10.1 Å². The van der Waals surface area contributed by atoms with Gasteiger partial charge in [-0.1, -0.05) is 0 Å². The standard InChI is InChI=1S/C8H10BrN3O3/c1-10-2-3-15-8-7(9)4-6(5-11-8)12(13)14/h4-5,10H,2-3H2,1H3. The molecule has 0 fully saturated rings. The van der Waals surface area contributed by atoms with Gasteiger partial charge in [0.15, 0.2) is 0 Å². The summed E-state index contributed by atoms with van der Waals surface area (Å²) in [5.74, 6) is 0.357. The lowest BCUT2D eigenvalue weighted by atomic mass is 10.4. The highest BCUT2D eigenvalue weighted by Gasteiger charge is 2.10. The maximum atomic E-state index is 10.4. The summed E-state index contributed by atoms with van der Waals surface area (Å²) in [6.45, 7) is 1.14. The van der Waals surface area contributed by atoms with Crippen molar-refractivity contribution in [3.05, 3.63) is 26.9 Å². The van der Waals surface area contributed by atoms with Crippen molar-refractivity contribution >= 4 is 21.6 Å². The second-order valence-electron chi connectivity index (χ2n) is 2.69. The van der Waals surface area contributed by atoms with Gasteiger partial charge in [-0.05, 0) is 23.0 Å². The summed E-state index contributed by atoms with van der Waals surface area (Å²) >= 11 is 3.16. The summed E-state index contributed by atoms with van der Waals surface area (Å²) in [7, 11) is 1.81. The molecular formula is C8H10BrN3O3. The van der Waals surface area contributed by atoms with Crippen LogP contribution >= 0.6 is 15.9 Å². The molecule has 0 aliphatic rings. The van der Waals surface area contributed by atoms with Crippen molar-refractivity contribution in [2.75, 3.05) is 20.2 Å². The van der Waals surface area contributed by atoms with Gasteiger partial charge >= 0.3 is 0 Å². The Morgan fingerprint density at radius 2 is 2.47 bits per heavy atom. The second kappa shape index (κ2) is 5.62. The Morgan fingerprint density at radius 3 is 3.00 bits per heavy atom. The molecule has 1 heterocycles. The number of likely N-dealkylation sites (N-methyl/N-ethyl adjacent to an activating group) is 1. The second-order valence-corrected chi connectivity index (χ2v) is 3.54. The first-order valence-electron chi connectivity index (χ1n) is 4.22. The van der Waals surface area contributed by atoms with Crippen LogP contribution in [-0.4, -0.2) is 30.1 Å². The summed E-state index contributed by atoms with van der Waals surface area (Å²) in [4.78, 5) is 13.7. The SMILES string of the molecule is CNCCOc1ncc([N+](=O)[O-])cc1Br. The molecule has 0 aromatic carbocycles. The third-order valence-corrected chi connectivity index (χ3v) is 2.16. The molecule has 1 rings (SSSR count). The number of rotatable bonds is 5. The van der Waals surface area contributed by atoms with E-state index in [-0.39, 0.29) is 5.69 Å². The van der Waals surface area contributed by atoms with Crippen LogP contribution < -0.4 is 10.1 Å². The van der Waals surface area contributed by atoms with Gasteiger partial charge in [-0.25, -0.2) is 4.98 Å². The van der Waals surface area contributed by atoms with Crippen molar-refractivity contribution in [2.24, 2.45) is 0 Å². The Hall–Kier alpha value is -1.21. The minimum Gasteiger partial charge on any atom is -0.476 e. The highest BCUT2D eigenvalue weighted by atomic mass is 79.9. The minimum absolute atomic E-state index is 0.0668. The maximum Gasteiger partial charge on any atom is 0.288 e. The normalized spacial score (nSPS) is 10.0. The molecule has 0 saturated heterocycles. The lowest BCUT2D eigenvalue weighted by molar-refractivity contribution is -0.385. The van der Waals surface area contributed by atoms with Crippen molar-refractivity contribution in [1.82, 2.24) is 10.3 Å². The topological polar surface area (TPSA) is 77.3 Å². The minimum atomic E-state index is -0.505. The summed E-state index contributed by atoms with van der Waals surface area (Å²) in [5, 5.41) is 13.3. The summed E-state index contributed by atoms with van der Waals surface area (Å²) in [6.07, 6.45) is 1.17. The smallest absolute Gasteiger partial charge is 0.288 e. The van der Waals surface area contributed by atoms with Crippen LogP contribution in [0.25, 0.3) is 0 Å². The molecule has 0 saturated carbocycles. The Kier molecular flexibility index (Phi) is 4.44. The zero-order valence-electron chi connectivity index (χ0n) is 8.07. The molecule has 15 heavy (non-hydrogen) atoms. The van der Waals surface area contributed by atoms with Crippen LogP contribution in [0.3, 0.4) is 0 Å². The molecular weight excluding hydrogens is 266 g/mol. The third kappa shape index (κ3) is 3.45. The van der Waals surface area contributed by atoms with E-state index >= 15 is 0 Å². The van der Waals surface area contributed by atoms with Gasteiger partial charge in [0.05, 0.1) is 9.40 Å². The summed E-state index contributed by atoms with van der Waals surface area (Å²) < 4.78 is 5.75. The van der Waals surface area contributed by atoms with Crippen molar-refractivity contribution < 1.29 is 9.66 Å². The third-order valence-electron chi connectivity index (χ3n) is 1.59. The van der Waals surface area contributed by atoms with Crippen molar-refractivity contribution in [3.63, 3.8) is 0 Å². The van der Waals surface area contributed by atoms with Crippen LogP contribution in [0.2, 0.25) is 0 Å².